The van der Waals surface area contributed by atoms with Crippen LogP contribution in [0.15, 0.2) is 12.2 Å². The van der Waals surface area contributed by atoms with Crippen LogP contribution in [0, 0.1) is 5.92 Å². The molecule has 1 aliphatic rings. The minimum Gasteiger partial charge on any atom is -0.478 e. The molecule has 1 N–H and O–H groups in total. The van der Waals surface area contributed by atoms with Crippen LogP contribution in [-0.4, -0.2) is 34.3 Å². The zero-order chi connectivity index (χ0) is 10.7. The Balaban J connectivity index is 2.57. The number of carbonyl (C=O) groups excluding carboxylic acids is 2. The Kier molecular flexibility index (Phi) is 3.01. The summed E-state index contributed by atoms with van der Waals surface area (Å²) in [6.07, 6.45) is 2.43. The van der Waals surface area contributed by atoms with E-state index in [9.17, 15) is 14.4 Å². The second kappa shape index (κ2) is 4.04. The van der Waals surface area contributed by atoms with Crippen molar-refractivity contribution in [2.75, 3.05) is 6.54 Å². The largest absolute Gasteiger partial charge is 0.478 e. The molecule has 76 valence electrons. The third-order valence-corrected chi connectivity index (χ3v) is 2.02. The van der Waals surface area contributed by atoms with Gasteiger partial charge in [-0.1, -0.05) is 13.0 Å². The van der Waals surface area contributed by atoms with Gasteiger partial charge in [0.25, 0.3) is 0 Å². The van der Waals surface area contributed by atoms with Gasteiger partial charge in [-0.05, 0) is 0 Å². The van der Waals surface area contributed by atoms with Gasteiger partial charge in [0.15, 0.2) is 0 Å². The maximum atomic E-state index is 11.3. The lowest BCUT2D eigenvalue weighted by Gasteiger charge is -2.10. The smallest absolute Gasteiger partial charge is 0.328 e. The number of imide groups is 1. The lowest BCUT2D eigenvalue weighted by Crippen LogP contribution is -2.30. The topological polar surface area (TPSA) is 74.7 Å². The fraction of sp³-hybridized carbons (Fsp3) is 0.444. The van der Waals surface area contributed by atoms with Crippen LogP contribution in [0.25, 0.3) is 0 Å². The molecule has 14 heavy (non-hydrogen) atoms. The minimum absolute atomic E-state index is 0.0499. The number of amides is 2. The second-order valence-corrected chi connectivity index (χ2v) is 3.19. The summed E-state index contributed by atoms with van der Waals surface area (Å²) in [6, 6.07) is 0. The predicted octanol–water partition coefficient (Wildman–Crippen LogP) is 0.0222. The SMILES string of the molecule is CC1CC(=O)N(CC=CC(=O)O)C1=O. The standard InChI is InChI=1S/C9H11NO4/c1-6-5-7(11)10(9(6)14)4-2-3-8(12)13/h2-3,6H,4-5H2,1H3,(H,12,13). The zero-order valence-corrected chi connectivity index (χ0v) is 7.77. The molecule has 1 unspecified atom stereocenters. The van der Waals surface area contributed by atoms with Gasteiger partial charge in [-0.2, -0.15) is 0 Å². The van der Waals surface area contributed by atoms with Gasteiger partial charge in [-0.25, -0.2) is 4.79 Å². The van der Waals surface area contributed by atoms with E-state index in [2.05, 4.69) is 0 Å². The molecule has 1 aliphatic heterocycles. The lowest BCUT2D eigenvalue weighted by molar-refractivity contribution is -0.139. The summed E-state index contributed by atoms with van der Waals surface area (Å²) in [7, 11) is 0. The number of rotatable bonds is 3. The van der Waals surface area contributed by atoms with Gasteiger partial charge in [0.1, 0.15) is 0 Å². The maximum absolute atomic E-state index is 11.3. The number of nitrogens with zero attached hydrogens (tertiary/aromatic N) is 1. The molecule has 0 spiro atoms. The van der Waals surface area contributed by atoms with Crippen LogP contribution < -0.4 is 0 Å². The van der Waals surface area contributed by atoms with Crippen LogP contribution in [0.2, 0.25) is 0 Å². The first-order valence-corrected chi connectivity index (χ1v) is 4.26. The summed E-state index contributed by atoms with van der Waals surface area (Å²) in [4.78, 5) is 33.7. The zero-order valence-electron chi connectivity index (χ0n) is 7.77. The molecule has 1 fully saturated rings. The summed E-state index contributed by atoms with van der Waals surface area (Å²) < 4.78 is 0. The summed E-state index contributed by atoms with van der Waals surface area (Å²) in [5.74, 6) is -1.83. The number of likely N-dealkylation sites (tertiary alicyclic amines) is 1. The number of carboxylic acids is 1. The van der Waals surface area contributed by atoms with E-state index >= 15 is 0 Å². The van der Waals surface area contributed by atoms with Gasteiger partial charge in [-0.3, -0.25) is 14.5 Å². The summed E-state index contributed by atoms with van der Waals surface area (Å²) in [6.45, 7) is 1.73. The summed E-state index contributed by atoms with van der Waals surface area (Å²) >= 11 is 0. The molecule has 0 aromatic carbocycles. The molecular formula is C9H11NO4. The van der Waals surface area contributed by atoms with Crippen LogP contribution in [0.4, 0.5) is 0 Å². The number of carboxylic acid groups (broad SMARTS) is 1. The third-order valence-electron chi connectivity index (χ3n) is 2.02. The van der Waals surface area contributed by atoms with Crippen LogP contribution in [0.1, 0.15) is 13.3 Å². The van der Waals surface area contributed by atoms with E-state index in [0.29, 0.717) is 0 Å². The van der Waals surface area contributed by atoms with Crippen LogP contribution >= 0.6 is 0 Å². The fourth-order valence-electron chi connectivity index (χ4n) is 1.30. The molecule has 0 aromatic rings. The molecule has 5 heteroatoms. The summed E-state index contributed by atoms with van der Waals surface area (Å²) in [5.41, 5.74) is 0. The minimum atomic E-state index is -1.09. The third kappa shape index (κ3) is 2.18. The molecule has 2 amide bonds. The highest BCUT2D eigenvalue weighted by Gasteiger charge is 2.34. The number of aliphatic carboxylic acids is 1. The molecule has 0 bridgehead atoms. The quantitative estimate of drug-likeness (QED) is 0.511. The van der Waals surface area contributed by atoms with Crippen molar-refractivity contribution < 1.29 is 19.5 Å². The Labute approximate surface area is 81.0 Å². The fourth-order valence-corrected chi connectivity index (χ4v) is 1.30. The van der Waals surface area contributed by atoms with E-state index < -0.39 is 5.97 Å². The van der Waals surface area contributed by atoms with Crippen LogP contribution in [0.3, 0.4) is 0 Å². The Morgan fingerprint density at radius 2 is 2.29 bits per heavy atom. The van der Waals surface area contributed by atoms with Gasteiger partial charge in [0.05, 0.1) is 0 Å². The highest BCUT2D eigenvalue weighted by atomic mass is 16.4. The van der Waals surface area contributed by atoms with Crippen LogP contribution in [-0.2, 0) is 14.4 Å². The van der Waals surface area contributed by atoms with E-state index in [-0.39, 0.29) is 30.7 Å². The van der Waals surface area contributed by atoms with E-state index in [4.69, 9.17) is 5.11 Å². The summed E-state index contributed by atoms with van der Waals surface area (Å²) in [5, 5.41) is 8.30. The second-order valence-electron chi connectivity index (χ2n) is 3.19. The van der Waals surface area contributed by atoms with Crippen LogP contribution in [0.5, 0.6) is 0 Å². The molecule has 0 aliphatic carbocycles. The van der Waals surface area contributed by atoms with Crippen molar-refractivity contribution in [3.8, 4) is 0 Å². The Hall–Kier alpha value is -1.65. The molecule has 1 saturated heterocycles. The van der Waals surface area contributed by atoms with Crippen molar-refractivity contribution >= 4 is 17.8 Å². The lowest BCUT2D eigenvalue weighted by atomic mass is 10.1. The maximum Gasteiger partial charge on any atom is 0.328 e. The van der Waals surface area contributed by atoms with Gasteiger partial charge in [-0.15, -0.1) is 0 Å². The van der Waals surface area contributed by atoms with Crippen molar-refractivity contribution in [2.24, 2.45) is 5.92 Å². The highest BCUT2D eigenvalue weighted by Crippen LogP contribution is 2.18. The normalized spacial score (nSPS) is 22.4. The monoisotopic (exact) mass is 197 g/mol. The molecule has 1 atom stereocenters. The molecule has 1 heterocycles. The van der Waals surface area contributed by atoms with E-state index in [1.54, 1.807) is 6.92 Å². The molecule has 0 saturated carbocycles. The average Bonchev–Trinajstić information content (AvgIpc) is 2.31. The first-order valence-electron chi connectivity index (χ1n) is 4.26. The van der Waals surface area contributed by atoms with E-state index in [1.807, 2.05) is 0 Å². The predicted molar refractivity (Wildman–Crippen MR) is 47.3 cm³/mol. The Morgan fingerprint density at radius 3 is 2.71 bits per heavy atom. The van der Waals surface area contributed by atoms with Gasteiger partial charge in [0, 0.05) is 25.0 Å². The van der Waals surface area contributed by atoms with Gasteiger partial charge >= 0.3 is 5.97 Å². The Morgan fingerprint density at radius 1 is 1.64 bits per heavy atom. The van der Waals surface area contributed by atoms with E-state index in [1.165, 1.54) is 6.08 Å². The van der Waals surface area contributed by atoms with Crippen molar-refractivity contribution in [1.29, 1.82) is 0 Å². The van der Waals surface area contributed by atoms with Gasteiger partial charge in [0.2, 0.25) is 11.8 Å². The van der Waals surface area contributed by atoms with Crippen molar-refractivity contribution in [2.45, 2.75) is 13.3 Å². The molecule has 5 nitrogen and oxygen atoms in total. The van der Waals surface area contributed by atoms with Crippen molar-refractivity contribution in [3.63, 3.8) is 0 Å². The molecular weight excluding hydrogens is 186 g/mol. The van der Waals surface area contributed by atoms with Gasteiger partial charge < -0.3 is 5.11 Å². The molecule has 0 radical (unpaired) electrons. The highest BCUT2D eigenvalue weighted by molar-refractivity contribution is 6.03. The Bertz CT molecular complexity index is 308. The number of hydrogen-bond donors (Lipinski definition) is 1. The first kappa shape index (κ1) is 10.4. The number of carbonyl (C=O) groups is 3. The molecule has 0 aromatic heterocycles. The first-order chi connectivity index (χ1) is 6.52. The average molecular weight is 197 g/mol. The van der Waals surface area contributed by atoms with E-state index in [0.717, 1.165) is 11.0 Å². The van der Waals surface area contributed by atoms with Crippen molar-refractivity contribution in [3.05, 3.63) is 12.2 Å². The number of hydrogen-bond acceptors (Lipinski definition) is 3. The van der Waals surface area contributed by atoms with Crippen molar-refractivity contribution in [1.82, 2.24) is 4.90 Å². The molecule has 1 rings (SSSR count).